The number of amides is 1. The number of aryl methyl sites for hydroxylation is 2. The zero-order valence-electron chi connectivity index (χ0n) is 22.3. The van der Waals surface area contributed by atoms with Crippen molar-refractivity contribution >= 4 is 11.6 Å². The number of rotatable bonds is 8. The van der Waals surface area contributed by atoms with Crippen molar-refractivity contribution in [2.75, 3.05) is 38.1 Å². The summed E-state index contributed by atoms with van der Waals surface area (Å²) >= 11 is 0. The van der Waals surface area contributed by atoms with Gasteiger partial charge in [-0.05, 0) is 55.8 Å². The Bertz CT molecular complexity index is 1470. The van der Waals surface area contributed by atoms with Gasteiger partial charge in [-0.2, -0.15) is 13.2 Å². The molecule has 1 saturated heterocycles. The second-order valence-corrected chi connectivity index (χ2v) is 9.84. The number of piperazine rings is 1. The van der Waals surface area contributed by atoms with Crippen LogP contribution >= 0.6 is 0 Å². The highest BCUT2D eigenvalue weighted by Crippen LogP contribution is 2.33. The standard InChI is InChI=1S/C28H30F3N7O2/c1-19-27(33-18-40-19)23-17-38(35-34-23)25-6-4-3-5-20(25)7-10-26(39)32-16-21-15-22(28(29,30)31)8-9-24(21)37-13-11-36(2)12-14-37/h3-6,8-9,15,17-18H,7,10-14,16H2,1-2H3,(H,32,39). The summed E-state index contributed by atoms with van der Waals surface area (Å²) < 4.78 is 47.2. The highest BCUT2D eigenvalue weighted by Gasteiger charge is 2.31. The lowest BCUT2D eigenvalue weighted by atomic mass is 10.1. The molecule has 0 saturated carbocycles. The van der Waals surface area contributed by atoms with Gasteiger partial charge in [0.2, 0.25) is 5.91 Å². The fourth-order valence-electron chi connectivity index (χ4n) is 4.78. The van der Waals surface area contributed by atoms with E-state index in [-0.39, 0.29) is 18.9 Å². The average Bonchev–Trinajstić information content (AvgIpc) is 3.59. The second kappa shape index (κ2) is 11.5. The molecule has 1 fully saturated rings. The number of benzene rings is 2. The minimum atomic E-state index is -4.46. The predicted molar refractivity (Wildman–Crippen MR) is 143 cm³/mol. The van der Waals surface area contributed by atoms with Crippen molar-refractivity contribution in [1.82, 2.24) is 30.2 Å². The summed E-state index contributed by atoms with van der Waals surface area (Å²) in [6, 6.07) is 11.3. The summed E-state index contributed by atoms with van der Waals surface area (Å²) in [6.45, 7) is 4.85. The Hall–Kier alpha value is -4.19. The lowest BCUT2D eigenvalue weighted by Crippen LogP contribution is -2.45. The van der Waals surface area contributed by atoms with Gasteiger partial charge in [0.15, 0.2) is 6.39 Å². The van der Waals surface area contributed by atoms with Crippen LogP contribution in [0.5, 0.6) is 0 Å². The average molecular weight is 554 g/mol. The van der Waals surface area contributed by atoms with Crippen LogP contribution in [-0.2, 0) is 23.9 Å². The van der Waals surface area contributed by atoms with Gasteiger partial charge in [0, 0.05) is 44.8 Å². The molecule has 1 aliphatic heterocycles. The largest absolute Gasteiger partial charge is 0.448 e. The third-order valence-electron chi connectivity index (χ3n) is 7.07. The molecule has 12 heteroatoms. The molecule has 4 aromatic rings. The van der Waals surface area contributed by atoms with Crippen LogP contribution in [0.3, 0.4) is 0 Å². The molecule has 40 heavy (non-hydrogen) atoms. The topological polar surface area (TPSA) is 92.3 Å². The molecular formula is C28H30F3N7O2. The van der Waals surface area contributed by atoms with Crippen LogP contribution in [0, 0.1) is 6.92 Å². The maximum atomic E-state index is 13.5. The first-order valence-electron chi connectivity index (χ1n) is 13.0. The lowest BCUT2D eigenvalue weighted by Gasteiger charge is -2.35. The molecular weight excluding hydrogens is 523 g/mol. The first kappa shape index (κ1) is 27.4. The Morgan fingerprint density at radius 1 is 1.05 bits per heavy atom. The molecule has 0 radical (unpaired) electrons. The lowest BCUT2D eigenvalue weighted by molar-refractivity contribution is -0.137. The Morgan fingerprint density at radius 3 is 2.55 bits per heavy atom. The van der Waals surface area contributed by atoms with E-state index < -0.39 is 11.7 Å². The molecule has 0 aliphatic carbocycles. The number of hydrogen-bond acceptors (Lipinski definition) is 7. The Kier molecular flexibility index (Phi) is 7.88. The molecule has 1 N–H and O–H groups in total. The van der Waals surface area contributed by atoms with Crippen molar-refractivity contribution in [1.29, 1.82) is 0 Å². The van der Waals surface area contributed by atoms with Crippen molar-refractivity contribution in [3.8, 4) is 17.1 Å². The number of halogens is 3. The summed E-state index contributed by atoms with van der Waals surface area (Å²) in [5.41, 5.74) is 3.26. The van der Waals surface area contributed by atoms with E-state index in [0.717, 1.165) is 42.2 Å². The van der Waals surface area contributed by atoms with Crippen LogP contribution in [0.25, 0.3) is 17.1 Å². The zero-order valence-corrected chi connectivity index (χ0v) is 22.3. The number of aromatic nitrogens is 4. The molecule has 1 amide bonds. The summed E-state index contributed by atoms with van der Waals surface area (Å²) in [4.78, 5) is 21.3. The van der Waals surface area contributed by atoms with Crippen LogP contribution in [0.15, 0.2) is 59.5 Å². The number of carbonyl (C=O) groups excluding carboxylic acids is 1. The van der Waals surface area contributed by atoms with Gasteiger partial charge in [0.1, 0.15) is 17.1 Å². The summed E-state index contributed by atoms with van der Waals surface area (Å²) in [7, 11) is 2.02. The van der Waals surface area contributed by atoms with Gasteiger partial charge in [0.05, 0.1) is 17.4 Å². The minimum absolute atomic E-state index is 0.00948. The number of likely N-dealkylation sites (N-methyl/N-ethyl adjacent to an activating group) is 1. The Balaban J connectivity index is 1.26. The van der Waals surface area contributed by atoms with E-state index in [2.05, 4.69) is 30.4 Å². The van der Waals surface area contributed by atoms with E-state index in [9.17, 15) is 18.0 Å². The van der Waals surface area contributed by atoms with Crippen molar-refractivity contribution in [2.45, 2.75) is 32.5 Å². The van der Waals surface area contributed by atoms with Crippen LogP contribution in [0.2, 0.25) is 0 Å². The Morgan fingerprint density at radius 2 is 1.82 bits per heavy atom. The molecule has 1 aliphatic rings. The van der Waals surface area contributed by atoms with Crippen LogP contribution in [0.1, 0.15) is 28.9 Å². The van der Waals surface area contributed by atoms with Crippen LogP contribution < -0.4 is 10.2 Å². The van der Waals surface area contributed by atoms with Crippen molar-refractivity contribution < 1.29 is 22.4 Å². The van der Waals surface area contributed by atoms with Gasteiger partial charge in [-0.15, -0.1) is 5.10 Å². The number of hydrogen-bond donors (Lipinski definition) is 1. The highest BCUT2D eigenvalue weighted by molar-refractivity contribution is 5.76. The monoisotopic (exact) mass is 553 g/mol. The number of anilines is 1. The number of nitrogens with one attached hydrogen (secondary N) is 1. The van der Waals surface area contributed by atoms with Crippen molar-refractivity contribution in [3.63, 3.8) is 0 Å². The SMILES string of the molecule is Cc1ocnc1-c1cn(-c2ccccc2CCC(=O)NCc2cc(C(F)(F)F)ccc2N2CCN(C)CC2)nn1. The molecule has 0 spiro atoms. The number of oxazole rings is 1. The van der Waals surface area contributed by atoms with Gasteiger partial charge in [-0.3, -0.25) is 4.79 Å². The van der Waals surface area contributed by atoms with E-state index in [1.54, 1.807) is 17.8 Å². The van der Waals surface area contributed by atoms with E-state index >= 15 is 0 Å². The van der Waals surface area contributed by atoms with Gasteiger partial charge in [0.25, 0.3) is 0 Å². The number of para-hydroxylation sites is 1. The molecule has 210 valence electrons. The van der Waals surface area contributed by atoms with Gasteiger partial charge in [-0.25, -0.2) is 9.67 Å². The van der Waals surface area contributed by atoms with E-state index in [0.29, 0.717) is 42.2 Å². The summed E-state index contributed by atoms with van der Waals surface area (Å²) in [5, 5.41) is 11.2. The van der Waals surface area contributed by atoms with Crippen molar-refractivity contribution in [3.05, 3.63) is 77.5 Å². The molecule has 2 aromatic carbocycles. The van der Waals surface area contributed by atoms with E-state index in [1.165, 1.54) is 12.5 Å². The first-order chi connectivity index (χ1) is 19.2. The second-order valence-electron chi connectivity index (χ2n) is 9.84. The smallest absolute Gasteiger partial charge is 0.416 e. The van der Waals surface area contributed by atoms with Crippen molar-refractivity contribution in [2.24, 2.45) is 0 Å². The number of carbonyl (C=O) groups is 1. The first-order valence-corrected chi connectivity index (χ1v) is 13.0. The van der Waals surface area contributed by atoms with Gasteiger partial charge >= 0.3 is 6.18 Å². The molecule has 0 bridgehead atoms. The summed E-state index contributed by atoms with van der Waals surface area (Å²) in [6.07, 6.45) is -0.796. The minimum Gasteiger partial charge on any atom is -0.448 e. The fourth-order valence-corrected chi connectivity index (χ4v) is 4.78. The third kappa shape index (κ3) is 6.17. The summed E-state index contributed by atoms with van der Waals surface area (Å²) in [5.74, 6) is 0.377. The highest BCUT2D eigenvalue weighted by atomic mass is 19.4. The maximum absolute atomic E-state index is 13.5. The normalized spacial score (nSPS) is 14.5. The van der Waals surface area contributed by atoms with Gasteiger partial charge in [-0.1, -0.05) is 23.4 Å². The van der Waals surface area contributed by atoms with Crippen LogP contribution in [0.4, 0.5) is 18.9 Å². The molecule has 3 heterocycles. The van der Waals surface area contributed by atoms with E-state index in [1.807, 2.05) is 31.3 Å². The molecule has 5 rings (SSSR count). The number of alkyl halides is 3. The fraction of sp³-hybridized carbons (Fsp3) is 0.357. The van der Waals surface area contributed by atoms with Crippen LogP contribution in [-0.4, -0.2) is 64.0 Å². The quantitative estimate of drug-likeness (QED) is 0.349. The Labute approximate surface area is 229 Å². The third-order valence-corrected chi connectivity index (χ3v) is 7.07. The molecule has 9 nitrogen and oxygen atoms in total. The molecule has 2 aromatic heterocycles. The zero-order chi connectivity index (χ0) is 28.3. The predicted octanol–water partition coefficient (Wildman–Crippen LogP) is 4.25. The molecule has 0 atom stereocenters. The molecule has 0 unspecified atom stereocenters. The number of nitrogens with zero attached hydrogens (tertiary/aromatic N) is 6. The maximum Gasteiger partial charge on any atom is 0.416 e. The van der Waals surface area contributed by atoms with Gasteiger partial charge < -0.3 is 19.5 Å². The van der Waals surface area contributed by atoms with E-state index in [4.69, 9.17) is 4.42 Å².